The molecule has 0 spiro atoms. The van der Waals surface area contributed by atoms with Crippen molar-refractivity contribution in [1.82, 2.24) is 10.2 Å². The summed E-state index contributed by atoms with van der Waals surface area (Å²) in [5.74, 6) is -1.01. The van der Waals surface area contributed by atoms with Gasteiger partial charge in [-0.05, 0) is 44.1 Å². The topological polar surface area (TPSA) is 81.7 Å². The van der Waals surface area contributed by atoms with Crippen LogP contribution in [0.2, 0.25) is 0 Å². The van der Waals surface area contributed by atoms with Gasteiger partial charge in [-0.3, -0.25) is 0 Å². The van der Waals surface area contributed by atoms with Crippen LogP contribution in [-0.2, 0) is 0 Å². The third-order valence-electron chi connectivity index (χ3n) is 3.53. The number of anilines is 1. The minimum atomic E-state index is -1.01. The number of carboxylic acids is 1. The zero-order chi connectivity index (χ0) is 15.1. The smallest absolute Gasteiger partial charge is 0.335 e. The largest absolute Gasteiger partial charge is 0.478 e. The van der Waals surface area contributed by atoms with E-state index in [4.69, 9.17) is 5.11 Å². The van der Waals surface area contributed by atoms with Gasteiger partial charge in [0.2, 0.25) is 0 Å². The van der Waals surface area contributed by atoms with Crippen LogP contribution >= 0.6 is 0 Å². The Balaban J connectivity index is 1.73. The highest BCUT2D eigenvalue weighted by atomic mass is 16.4. The van der Waals surface area contributed by atoms with Gasteiger partial charge >= 0.3 is 12.0 Å². The molecule has 1 aromatic carbocycles. The van der Waals surface area contributed by atoms with Crippen LogP contribution < -0.4 is 10.6 Å². The summed E-state index contributed by atoms with van der Waals surface area (Å²) < 4.78 is 0. The van der Waals surface area contributed by atoms with E-state index < -0.39 is 5.97 Å². The fourth-order valence-electron chi connectivity index (χ4n) is 2.42. The summed E-state index contributed by atoms with van der Waals surface area (Å²) in [6.45, 7) is 3.64. The molecule has 6 nitrogen and oxygen atoms in total. The van der Waals surface area contributed by atoms with Crippen molar-refractivity contribution in [3.63, 3.8) is 0 Å². The molecule has 1 aliphatic rings. The van der Waals surface area contributed by atoms with Crippen molar-refractivity contribution in [2.75, 3.05) is 31.5 Å². The van der Waals surface area contributed by atoms with Gasteiger partial charge in [-0.2, -0.15) is 0 Å². The maximum Gasteiger partial charge on any atom is 0.335 e. The molecule has 0 radical (unpaired) electrons. The van der Waals surface area contributed by atoms with Crippen LogP contribution in [0.3, 0.4) is 0 Å². The molecule has 1 aromatic rings. The summed E-state index contributed by atoms with van der Waals surface area (Å²) in [4.78, 5) is 24.9. The number of carbonyl (C=O) groups is 2. The number of likely N-dealkylation sites (tertiary alicyclic amines) is 1. The lowest BCUT2D eigenvalue weighted by molar-refractivity contribution is 0.0697. The molecule has 1 fully saturated rings. The highest BCUT2D eigenvalue weighted by molar-refractivity contribution is 5.93. The lowest BCUT2D eigenvalue weighted by Gasteiger charge is -2.26. The molecule has 0 aromatic heterocycles. The second kappa shape index (κ2) is 7.64. The summed E-state index contributed by atoms with van der Waals surface area (Å²) in [7, 11) is 0. The van der Waals surface area contributed by atoms with E-state index in [0.717, 1.165) is 19.6 Å². The number of carboxylic acid groups (broad SMARTS) is 1. The van der Waals surface area contributed by atoms with E-state index >= 15 is 0 Å². The van der Waals surface area contributed by atoms with Gasteiger partial charge in [-0.1, -0.05) is 12.5 Å². The van der Waals surface area contributed by atoms with Gasteiger partial charge in [0.15, 0.2) is 0 Å². The SMILES string of the molecule is O=C(NCCN1CCCCC1)Nc1cccc(C(=O)O)c1. The van der Waals surface area contributed by atoms with Crippen LogP contribution in [0.5, 0.6) is 0 Å². The van der Waals surface area contributed by atoms with Crippen molar-refractivity contribution >= 4 is 17.7 Å². The van der Waals surface area contributed by atoms with E-state index in [2.05, 4.69) is 15.5 Å². The average molecular weight is 291 g/mol. The Morgan fingerprint density at radius 1 is 1.19 bits per heavy atom. The summed E-state index contributed by atoms with van der Waals surface area (Å²) in [5, 5.41) is 14.3. The zero-order valence-electron chi connectivity index (χ0n) is 12.0. The predicted octanol–water partition coefficient (Wildman–Crippen LogP) is 1.99. The van der Waals surface area contributed by atoms with Gasteiger partial charge in [0, 0.05) is 18.8 Å². The van der Waals surface area contributed by atoms with E-state index in [-0.39, 0.29) is 11.6 Å². The average Bonchev–Trinajstić information content (AvgIpc) is 2.48. The molecule has 0 atom stereocenters. The summed E-state index contributed by atoms with van der Waals surface area (Å²) in [6.07, 6.45) is 3.76. The Bertz CT molecular complexity index is 499. The number of hydrogen-bond donors (Lipinski definition) is 3. The van der Waals surface area contributed by atoms with Crippen molar-refractivity contribution in [2.45, 2.75) is 19.3 Å². The fourth-order valence-corrected chi connectivity index (χ4v) is 2.42. The van der Waals surface area contributed by atoms with Gasteiger partial charge in [0.1, 0.15) is 0 Å². The fraction of sp³-hybridized carbons (Fsp3) is 0.467. The molecule has 1 aliphatic heterocycles. The number of nitrogens with zero attached hydrogens (tertiary/aromatic N) is 1. The molecular formula is C15H21N3O3. The van der Waals surface area contributed by atoms with Gasteiger partial charge in [0.05, 0.1) is 5.56 Å². The number of hydrogen-bond acceptors (Lipinski definition) is 3. The number of nitrogens with one attached hydrogen (secondary N) is 2. The van der Waals surface area contributed by atoms with Gasteiger partial charge in [-0.25, -0.2) is 9.59 Å². The first kappa shape index (κ1) is 15.3. The van der Waals surface area contributed by atoms with Crippen LogP contribution in [-0.4, -0.2) is 48.2 Å². The normalized spacial score (nSPS) is 15.4. The molecule has 6 heteroatoms. The third kappa shape index (κ3) is 5.07. The van der Waals surface area contributed by atoms with Crippen LogP contribution in [0.1, 0.15) is 29.6 Å². The van der Waals surface area contributed by atoms with Crippen LogP contribution in [0.25, 0.3) is 0 Å². The Labute approximate surface area is 124 Å². The van der Waals surface area contributed by atoms with Crippen molar-refractivity contribution in [1.29, 1.82) is 0 Å². The molecular weight excluding hydrogens is 270 g/mol. The van der Waals surface area contributed by atoms with Crippen molar-refractivity contribution in [2.24, 2.45) is 0 Å². The molecule has 1 saturated heterocycles. The first-order valence-electron chi connectivity index (χ1n) is 7.26. The lowest BCUT2D eigenvalue weighted by Crippen LogP contribution is -2.39. The van der Waals surface area contributed by atoms with Crippen LogP contribution in [0.4, 0.5) is 10.5 Å². The molecule has 21 heavy (non-hydrogen) atoms. The number of benzene rings is 1. The van der Waals surface area contributed by atoms with Gasteiger partial charge in [0.25, 0.3) is 0 Å². The first-order chi connectivity index (χ1) is 10.1. The minimum Gasteiger partial charge on any atom is -0.478 e. The zero-order valence-corrected chi connectivity index (χ0v) is 12.0. The number of rotatable bonds is 5. The molecule has 2 rings (SSSR count). The highest BCUT2D eigenvalue weighted by Gasteiger charge is 2.10. The highest BCUT2D eigenvalue weighted by Crippen LogP contribution is 2.10. The van der Waals surface area contributed by atoms with Gasteiger partial charge in [-0.15, -0.1) is 0 Å². The summed E-state index contributed by atoms with van der Waals surface area (Å²) in [6, 6.07) is 5.88. The van der Waals surface area contributed by atoms with E-state index in [1.165, 1.54) is 31.4 Å². The van der Waals surface area contributed by atoms with E-state index in [1.54, 1.807) is 12.1 Å². The standard InChI is InChI=1S/C15H21N3O3/c19-14(20)12-5-4-6-13(11-12)17-15(21)16-7-10-18-8-2-1-3-9-18/h4-6,11H,1-3,7-10H2,(H,19,20)(H2,16,17,21). The van der Waals surface area contributed by atoms with Crippen LogP contribution in [0, 0.1) is 0 Å². The second-order valence-electron chi connectivity index (χ2n) is 5.17. The van der Waals surface area contributed by atoms with Gasteiger partial charge < -0.3 is 20.6 Å². The quantitative estimate of drug-likeness (QED) is 0.775. The molecule has 1 heterocycles. The Morgan fingerprint density at radius 3 is 2.67 bits per heavy atom. The van der Waals surface area contributed by atoms with Crippen LogP contribution in [0.15, 0.2) is 24.3 Å². The number of piperidine rings is 1. The molecule has 2 amide bonds. The maximum atomic E-state index is 11.7. The van der Waals surface area contributed by atoms with Crippen molar-refractivity contribution in [3.05, 3.63) is 29.8 Å². The molecule has 3 N–H and O–H groups in total. The number of carbonyl (C=O) groups excluding carboxylic acids is 1. The molecule has 0 aliphatic carbocycles. The third-order valence-corrected chi connectivity index (χ3v) is 3.53. The Kier molecular flexibility index (Phi) is 5.57. The first-order valence-corrected chi connectivity index (χ1v) is 7.26. The predicted molar refractivity (Wildman–Crippen MR) is 80.7 cm³/mol. The van der Waals surface area contributed by atoms with E-state index in [0.29, 0.717) is 12.2 Å². The molecule has 0 bridgehead atoms. The summed E-state index contributed by atoms with van der Waals surface area (Å²) in [5.41, 5.74) is 0.631. The minimum absolute atomic E-state index is 0.154. The Hall–Kier alpha value is -2.08. The van der Waals surface area contributed by atoms with Crippen molar-refractivity contribution in [3.8, 4) is 0 Å². The van der Waals surface area contributed by atoms with Crippen molar-refractivity contribution < 1.29 is 14.7 Å². The summed E-state index contributed by atoms with van der Waals surface area (Å²) >= 11 is 0. The monoisotopic (exact) mass is 291 g/mol. The molecule has 114 valence electrons. The number of urea groups is 1. The molecule has 0 unspecified atom stereocenters. The maximum absolute atomic E-state index is 11.7. The van der Waals surface area contributed by atoms with E-state index in [9.17, 15) is 9.59 Å². The Morgan fingerprint density at radius 2 is 1.95 bits per heavy atom. The second-order valence-corrected chi connectivity index (χ2v) is 5.17. The number of amides is 2. The molecule has 0 saturated carbocycles. The van der Waals surface area contributed by atoms with E-state index in [1.807, 2.05) is 0 Å². The lowest BCUT2D eigenvalue weighted by atomic mass is 10.1. The number of aromatic carboxylic acids is 1.